The maximum Gasteiger partial charge on any atom is 0.244 e. The number of hydrogen-bond donors (Lipinski definition) is 2. The van der Waals surface area contributed by atoms with Gasteiger partial charge in [-0.2, -0.15) is 0 Å². The maximum absolute atomic E-state index is 12.4. The van der Waals surface area contributed by atoms with Gasteiger partial charge in [-0.05, 0) is 18.9 Å². The van der Waals surface area contributed by atoms with E-state index in [4.69, 9.17) is 0 Å². The summed E-state index contributed by atoms with van der Waals surface area (Å²) < 4.78 is 27.6. The molecule has 1 heterocycles. The Morgan fingerprint density at radius 1 is 1.21 bits per heavy atom. The molecule has 0 aliphatic heterocycles. The highest BCUT2D eigenvalue weighted by atomic mass is 32.2. The van der Waals surface area contributed by atoms with Crippen molar-refractivity contribution in [1.29, 1.82) is 0 Å². The lowest BCUT2D eigenvalue weighted by Gasteiger charge is -2.17. The molecule has 2 N–H and O–H groups in total. The first-order chi connectivity index (χ1) is 9.13. The van der Waals surface area contributed by atoms with E-state index in [-0.39, 0.29) is 10.9 Å². The van der Waals surface area contributed by atoms with Crippen molar-refractivity contribution in [3.05, 3.63) is 18.5 Å². The third kappa shape index (κ3) is 3.67. The number of anilines is 1. The van der Waals surface area contributed by atoms with Gasteiger partial charge in [-0.15, -0.1) is 0 Å². The van der Waals surface area contributed by atoms with Crippen molar-refractivity contribution in [2.45, 2.75) is 49.5 Å². The van der Waals surface area contributed by atoms with E-state index in [2.05, 4.69) is 15.0 Å². The van der Waals surface area contributed by atoms with Gasteiger partial charge in [-0.25, -0.2) is 13.1 Å². The van der Waals surface area contributed by atoms with Crippen molar-refractivity contribution < 1.29 is 8.42 Å². The lowest BCUT2D eigenvalue weighted by atomic mass is 10.1. The molecule has 1 fully saturated rings. The molecule has 0 unspecified atom stereocenters. The lowest BCUT2D eigenvalue weighted by Crippen LogP contribution is -2.34. The van der Waals surface area contributed by atoms with E-state index in [9.17, 15) is 8.42 Å². The van der Waals surface area contributed by atoms with Crippen LogP contribution in [0.3, 0.4) is 0 Å². The second-order valence-corrected chi connectivity index (χ2v) is 6.61. The highest BCUT2D eigenvalue weighted by Crippen LogP contribution is 2.22. The zero-order chi connectivity index (χ0) is 13.7. The molecule has 0 aromatic carbocycles. The summed E-state index contributed by atoms with van der Waals surface area (Å²) in [5, 5.41) is 2.89. The largest absolute Gasteiger partial charge is 0.387 e. The van der Waals surface area contributed by atoms with Crippen LogP contribution in [-0.4, -0.2) is 26.5 Å². The normalized spacial score (nSPS) is 17.9. The molecule has 2 rings (SSSR count). The van der Waals surface area contributed by atoms with Gasteiger partial charge < -0.3 is 5.32 Å². The fourth-order valence-corrected chi connectivity index (χ4v) is 3.94. The average molecular weight is 283 g/mol. The van der Waals surface area contributed by atoms with Crippen LogP contribution in [0.5, 0.6) is 0 Å². The van der Waals surface area contributed by atoms with Crippen molar-refractivity contribution in [3.8, 4) is 0 Å². The Morgan fingerprint density at radius 3 is 2.53 bits per heavy atom. The van der Waals surface area contributed by atoms with Crippen molar-refractivity contribution in [1.82, 2.24) is 9.71 Å². The number of aromatic nitrogens is 1. The SMILES string of the molecule is CNc1ccncc1S(=O)(=O)NC1CCCCCC1. The van der Waals surface area contributed by atoms with Crippen LogP contribution >= 0.6 is 0 Å². The van der Waals surface area contributed by atoms with Crippen LogP contribution in [-0.2, 0) is 10.0 Å². The maximum atomic E-state index is 12.4. The molecule has 5 nitrogen and oxygen atoms in total. The van der Waals surface area contributed by atoms with Gasteiger partial charge in [0.05, 0.1) is 5.69 Å². The van der Waals surface area contributed by atoms with Crippen LogP contribution in [0.4, 0.5) is 5.69 Å². The van der Waals surface area contributed by atoms with Gasteiger partial charge in [-0.3, -0.25) is 4.98 Å². The molecule has 6 heteroatoms. The van der Waals surface area contributed by atoms with Crippen LogP contribution in [0.1, 0.15) is 38.5 Å². The standard InChI is InChI=1S/C13H21N3O2S/c1-14-12-8-9-15-10-13(12)19(17,18)16-11-6-4-2-3-5-7-11/h8-11,16H,2-7H2,1H3,(H,14,15). The molecule has 1 aliphatic carbocycles. The van der Waals surface area contributed by atoms with Gasteiger partial charge in [0.15, 0.2) is 0 Å². The molecule has 106 valence electrons. The molecule has 19 heavy (non-hydrogen) atoms. The topological polar surface area (TPSA) is 71.1 Å². The number of rotatable bonds is 4. The zero-order valence-electron chi connectivity index (χ0n) is 11.2. The Bertz CT molecular complexity index is 508. The first kappa shape index (κ1) is 14.3. The predicted molar refractivity (Wildman–Crippen MR) is 75.6 cm³/mol. The van der Waals surface area contributed by atoms with E-state index >= 15 is 0 Å². The quantitative estimate of drug-likeness (QED) is 0.830. The fourth-order valence-electron chi connectivity index (χ4n) is 2.48. The Kier molecular flexibility index (Phi) is 4.76. The van der Waals surface area contributed by atoms with Gasteiger partial charge in [0.2, 0.25) is 10.0 Å². The van der Waals surface area contributed by atoms with Crippen molar-refractivity contribution in [2.75, 3.05) is 12.4 Å². The minimum absolute atomic E-state index is 0.0532. The molecule has 0 bridgehead atoms. The molecule has 0 atom stereocenters. The van der Waals surface area contributed by atoms with Crippen LogP contribution in [0.25, 0.3) is 0 Å². The van der Waals surface area contributed by atoms with Gasteiger partial charge >= 0.3 is 0 Å². The minimum atomic E-state index is -3.49. The number of sulfonamides is 1. The third-order valence-electron chi connectivity index (χ3n) is 3.52. The Labute approximate surface area is 114 Å². The molecule has 1 aromatic heterocycles. The Balaban J connectivity index is 2.17. The summed E-state index contributed by atoms with van der Waals surface area (Å²) in [5.74, 6) is 0. The Morgan fingerprint density at radius 2 is 1.89 bits per heavy atom. The third-order valence-corrected chi connectivity index (χ3v) is 5.07. The number of nitrogens with one attached hydrogen (secondary N) is 2. The van der Waals surface area contributed by atoms with Crippen LogP contribution in [0.15, 0.2) is 23.4 Å². The minimum Gasteiger partial charge on any atom is -0.387 e. The van der Waals surface area contributed by atoms with E-state index < -0.39 is 10.0 Å². The summed E-state index contributed by atoms with van der Waals surface area (Å²) in [6.07, 6.45) is 9.42. The second-order valence-electron chi connectivity index (χ2n) is 4.93. The van der Waals surface area contributed by atoms with Crippen LogP contribution in [0, 0.1) is 0 Å². The summed E-state index contributed by atoms with van der Waals surface area (Å²) in [5.41, 5.74) is 0.580. The van der Waals surface area contributed by atoms with Crippen molar-refractivity contribution in [2.24, 2.45) is 0 Å². The zero-order valence-corrected chi connectivity index (χ0v) is 12.0. The van der Waals surface area contributed by atoms with E-state index in [0.29, 0.717) is 5.69 Å². The first-order valence-electron chi connectivity index (χ1n) is 6.77. The van der Waals surface area contributed by atoms with Crippen molar-refractivity contribution >= 4 is 15.7 Å². The molecule has 0 radical (unpaired) electrons. The van der Waals surface area contributed by atoms with Crippen molar-refractivity contribution in [3.63, 3.8) is 0 Å². The summed E-state index contributed by atoms with van der Waals surface area (Å²) in [7, 11) is -1.79. The molecule has 0 spiro atoms. The van der Waals surface area contributed by atoms with Crippen LogP contribution in [0.2, 0.25) is 0 Å². The molecule has 1 aliphatic rings. The van der Waals surface area contributed by atoms with Gasteiger partial charge in [0.1, 0.15) is 4.90 Å². The molecule has 1 saturated carbocycles. The monoisotopic (exact) mass is 283 g/mol. The first-order valence-corrected chi connectivity index (χ1v) is 8.26. The smallest absolute Gasteiger partial charge is 0.244 e. The van der Waals surface area contributed by atoms with Gasteiger partial charge in [-0.1, -0.05) is 25.7 Å². The Hall–Kier alpha value is -1.14. The average Bonchev–Trinajstić information content (AvgIpc) is 2.67. The van der Waals surface area contributed by atoms with Gasteiger partial charge in [0, 0.05) is 25.5 Å². The highest BCUT2D eigenvalue weighted by molar-refractivity contribution is 7.89. The summed E-state index contributed by atoms with van der Waals surface area (Å²) in [6, 6.07) is 1.72. The number of hydrogen-bond acceptors (Lipinski definition) is 4. The molecular weight excluding hydrogens is 262 g/mol. The number of pyridine rings is 1. The molecule has 1 aromatic rings. The highest BCUT2D eigenvalue weighted by Gasteiger charge is 2.23. The molecule has 0 saturated heterocycles. The van der Waals surface area contributed by atoms with Crippen LogP contribution < -0.4 is 10.0 Å². The summed E-state index contributed by atoms with van der Waals surface area (Å²) >= 11 is 0. The fraction of sp³-hybridized carbons (Fsp3) is 0.615. The predicted octanol–water partition coefficient (Wildman–Crippen LogP) is 2.12. The summed E-state index contributed by atoms with van der Waals surface area (Å²) in [6.45, 7) is 0. The van der Waals surface area contributed by atoms with E-state index in [0.717, 1.165) is 25.7 Å². The summed E-state index contributed by atoms with van der Waals surface area (Å²) in [4.78, 5) is 4.14. The van der Waals surface area contributed by atoms with Gasteiger partial charge in [0.25, 0.3) is 0 Å². The lowest BCUT2D eigenvalue weighted by molar-refractivity contribution is 0.510. The van der Waals surface area contributed by atoms with E-state index in [1.165, 1.54) is 19.0 Å². The molecular formula is C13H21N3O2S. The second kappa shape index (κ2) is 6.34. The molecule has 0 amide bonds. The van der Waals surface area contributed by atoms with E-state index in [1.54, 1.807) is 19.3 Å². The van der Waals surface area contributed by atoms with E-state index in [1.807, 2.05) is 0 Å². The number of nitrogens with zero attached hydrogens (tertiary/aromatic N) is 1.